The maximum Gasteiger partial charge on any atom is 0.273 e. The first-order valence-electron chi connectivity index (χ1n) is 7.45. The molecule has 3 rings (SSSR count). The zero-order chi connectivity index (χ0) is 18.0. The topological polar surface area (TPSA) is 69.6 Å². The van der Waals surface area contributed by atoms with Gasteiger partial charge in [0.2, 0.25) is 0 Å². The quantitative estimate of drug-likeness (QED) is 0.703. The van der Waals surface area contributed by atoms with Crippen molar-refractivity contribution >= 4 is 34.3 Å². The lowest BCUT2D eigenvalue weighted by Gasteiger charge is -2.02. The average molecular weight is 363 g/mol. The molecule has 0 N–H and O–H groups in total. The highest BCUT2D eigenvalue weighted by molar-refractivity contribution is 7.13. The van der Waals surface area contributed by atoms with Crippen LogP contribution in [0, 0.1) is 36.5 Å². The van der Waals surface area contributed by atoms with E-state index in [1.807, 2.05) is 68.5 Å². The molecule has 0 saturated heterocycles. The summed E-state index contributed by atoms with van der Waals surface area (Å²) in [5.41, 5.74) is 1.42. The van der Waals surface area contributed by atoms with Crippen molar-refractivity contribution in [1.29, 1.82) is 10.5 Å². The summed E-state index contributed by atoms with van der Waals surface area (Å²) < 4.78 is 2.30. The number of thiazole rings is 1. The maximum atomic E-state index is 12.9. The standard InChI is InChI=1S/C19H13N3OS2/c1-12-3-6-15(7-4-12)22-18(23)17(9-16-8-5-13(2)24-16)25-19(22)14(10-20)11-21/h3-9H,1-2H3/b17-9-. The molecule has 0 aliphatic heterocycles. The number of hydrogen-bond donors (Lipinski definition) is 0. The summed E-state index contributed by atoms with van der Waals surface area (Å²) in [5, 5.41) is 18.5. The lowest BCUT2D eigenvalue weighted by atomic mass is 10.2. The van der Waals surface area contributed by atoms with Crippen molar-refractivity contribution in [2.45, 2.75) is 13.8 Å². The van der Waals surface area contributed by atoms with Crippen LogP contribution in [0.15, 0.2) is 41.2 Å². The monoisotopic (exact) mass is 363 g/mol. The first kappa shape index (κ1) is 16.9. The van der Waals surface area contributed by atoms with Gasteiger partial charge in [-0.2, -0.15) is 10.5 Å². The van der Waals surface area contributed by atoms with Crippen LogP contribution in [0.3, 0.4) is 0 Å². The van der Waals surface area contributed by atoms with Gasteiger partial charge in [0.1, 0.15) is 16.8 Å². The molecule has 3 aromatic rings. The lowest BCUT2D eigenvalue weighted by molar-refractivity contribution is 0.987. The first-order valence-corrected chi connectivity index (χ1v) is 9.08. The summed E-state index contributed by atoms with van der Waals surface area (Å²) in [6.07, 6.45) is 1.81. The molecular weight excluding hydrogens is 350 g/mol. The molecule has 0 fully saturated rings. The molecule has 4 nitrogen and oxygen atoms in total. The molecule has 0 radical (unpaired) electrons. The van der Waals surface area contributed by atoms with Gasteiger partial charge in [-0.05, 0) is 44.2 Å². The SMILES string of the molecule is Cc1ccc(-n2c(=C(C#N)C#N)s/c(=C\c3ccc(C)s3)c2=O)cc1. The number of nitrogens with zero attached hydrogens (tertiary/aromatic N) is 3. The summed E-state index contributed by atoms with van der Waals surface area (Å²) in [7, 11) is 0. The van der Waals surface area contributed by atoms with Gasteiger partial charge in [0.25, 0.3) is 5.56 Å². The van der Waals surface area contributed by atoms with E-state index >= 15 is 0 Å². The van der Waals surface area contributed by atoms with Gasteiger partial charge in [0.15, 0.2) is 5.57 Å². The molecule has 0 amide bonds. The Labute approximate surface area is 152 Å². The minimum atomic E-state index is -0.224. The minimum Gasteiger partial charge on any atom is -0.267 e. The lowest BCUT2D eigenvalue weighted by Crippen LogP contribution is -2.30. The molecule has 0 unspecified atom stereocenters. The summed E-state index contributed by atoms with van der Waals surface area (Å²) in [4.78, 5) is 15.1. The van der Waals surface area contributed by atoms with E-state index in [2.05, 4.69) is 0 Å². The van der Waals surface area contributed by atoms with E-state index in [-0.39, 0.29) is 11.1 Å². The molecule has 0 aliphatic carbocycles. The van der Waals surface area contributed by atoms with Gasteiger partial charge in [-0.15, -0.1) is 22.7 Å². The van der Waals surface area contributed by atoms with E-state index in [9.17, 15) is 15.3 Å². The Kier molecular flexibility index (Phi) is 4.67. The van der Waals surface area contributed by atoms with Crippen molar-refractivity contribution in [3.05, 3.63) is 71.3 Å². The van der Waals surface area contributed by atoms with Crippen LogP contribution in [0.2, 0.25) is 0 Å². The Hall–Kier alpha value is -2.93. The number of benzene rings is 1. The second-order valence-electron chi connectivity index (χ2n) is 5.44. The average Bonchev–Trinajstić information content (AvgIpc) is 3.14. The molecule has 25 heavy (non-hydrogen) atoms. The predicted octanol–water partition coefficient (Wildman–Crippen LogP) is 2.60. The molecule has 2 heterocycles. The second kappa shape index (κ2) is 6.90. The van der Waals surface area contributed by atoms with Crippen molar-refractivity contribution in [2.75, 3.05) is 0 Å². The predicted molar refractivity (Wildman–Crippen MR) is 101 cm³/mol. The van der Waals surface area contributed by atoms with Crippen molar-refractivity contribution < 1.29 is 0 Å². The van der Waals surface area contributed by atoms with Gasteiger partial charge < -0.3 is 0 Å². The van der Waals surface area contributed by atoms with Gasteiger partial charge in [-0.25, -0.2) is 0 Å². The number of hydrogen-bond acceptors (Lipinski definition) is 5. The highest BCUT2D eigenvalue weighted by atomic mass is 32.1. The summed E-state index contributed by atoms with van der Waals surface area (Å²) in [6.45, 7) is 3.96. The smallest absolute Gasteiger partial charge is 0.267 e. The second-order valence-corrected chi connectivity index (χ2v) is 7.79. The first-order chi connectivity index (χ1) is 12.0. The summed E-state index contributed by atoms with van der Waals surface area (Å²) >= 11 is 2.76. The van der Waals surface area contributed by atoms with E-state index in [0.717, 1.165) is 15.3 Å². The fourth-order valence-electron chi connectivity index (χ4n) is 2.36. The zero-order valence-corrected chi connectivity index (χ0v) is 15.2. The summed E-state index contributed by atoms with van der Waals surface area (Å²) in [6, 6.07) is 15.2. The Bertz CT molecular complexity index is 1180. The molecule has 6 heteroatoms. The summed E-state index contributed by atoms with van der Waals surface area (Å²) in [5.74, 6) is 0. The van der Waals surface area contributed by atoms with Crippen LogP contribution < -0.4 is 14.8 Å². The van der Waals surface area contributed by atoms with Crippen LogP contribution in [-0.2, 0) is 0 Å². The molecule has 0 atom stereocenters. The largest absolute Gasteiger partial charge is 0.273 e. The van der Waals surface area contributed by atoms with E-state index in [4.69, 9.17) is 0 Å². The number of aromatic nitrogens is 1. The molecule has 0 spiro atoms. The normalized spacial score (nSPS) is 11.1. The Morgan fingerprint density at radius 1 is 1.04 bits per heavy atom. The molecule has 1 aromatic carbocycles. The number of thiophene rings is 1. The maximum absolute atomic E-state index is 12.9. The van der Waals surface area contributed by atoms with E-state index < -0.39 is 0 Å². The van der Waals surface area contributed by atoms with Crippen LogP contribution in [-0.4, -0.2) is 4.57 Å². The Morgan fingerprint density at radius 3 is 2.28 bits per heavy atom. The zero-order valence-electron chi connectivity index (χ0n) is 13.6. The van der Waals surface area contributed by atoms with Crippen LogP contribution >= 0.6 is 22.7 Å². The molecule has 0 bridgehead atoms. The molecule has 0 aliphatic rings. The van der Waals surface area contributed by atoms with Crippen molar-refractivity contribution in [2.24, 2.45) is 0 Å². The fraction of sp³-hybridized carbons (Fsp3) is 0.105. The van der Waals surface area contributed by atoms with Crippen molar-refractivity contribution in [3.8, 4) is 17.8 Å². The highest BCUT2D eigenvalue weighted by Gasteiger charge is 2.11. The van der Waals surface area contributed by atoms with Gasteiger partial charge in [0.05, 0.1) is 10.2 Å². The molecular formula is C19H13N3OS2. The third kappa shape index (κ3) is 3.32. The van der Waals surface area contributed by atoms with Gasteiger partial charge >= 0.3 is 0 Å². The minimum absolute atomic E-state index is 0.0651. The molecule has 0 saturated carbocycles. The van der Waals surface area contributed by atoms with Gasteiger partial charge in [-0.3, -0.25) is 9.36 Å². The number of rotatable bonds is 2. The van der Waals surface area contributed by atoms with E-state index in [1.54, 1.807) is 11.3 Å². The van der Waals surface area contributed by atoms with Crippen LogP contribution in [0.1, 0.15) is 15.3 Å². The third-order valence-corrected chi connectivity index (χ3v) is 5.63. The molecule has 122 valence electrons. The third-order valence-electron chi connectivity index (χ3n) is 3.59. The number of nitriles is 2. The van der Waals surface area contributed by atoms with Crippen LogP contribution in [0.4, 0.5) is 0 Å². The van der Waals surface area contributed by atoms with Crippen LogP contribution in [0.25, 0.3) is 17.3 Å². The van der Waals surface area contributed by atoms with Gasteiger partial charge in [0, 0.05) is 9.75 Å². The fourth-order valence-corrected chi connectivity index (χ4v) is 4.30. The van der Waals surface area contributed by atoms with E-state index in [1.165, 1.54) is 15.9 Å². The number of aryl methyl sites for hydroxylation is 2. The van der Waals surface area contributed by atoms with Crippen LogP contribution in [0.5, 0.6) is 0 Å². The van der Waals surface area contributed by atoms with Gasteiger partial charge in [-0.1, -0.05) is 17.7 Å². The molecule has 2 aromatic heterocycles. The van der Waals surface area contributed by atoms with Crippen molar-refractivity contribution in [3.63, 3.8) is 0 Å². The van der Waals surface area contributed by atoms with E-state index in [0.29, 0.717) is 14.9 Å². The highest BCUT2D eigenvalue weighted by Crippen LogP contribution is 2.15. The Morgan fingerprint density at radius 2 is 1.72 bits per heavy atom. The Balaban J connectivity index is 2.38. The van der Waals surface area contributed by atoms with Crippen molar-refractivity contribution in [1.82, 2.24) is 4.57 Å².